The minimum Gasteiger partial charge on any atom is -0.374 e. The first-order chi connectivity index (χ1) is 15.1. The Kier molecular flexibility index (Phi) is 5.15. The van der Waals surface area contributed by atoms with Gasteiger partial charge in [-0.25, -0.2) is 9.97 Å². The first-order valence-electron chi connectivity index (χ1n) is 10.6. The number of aromatic nitrogens is 3. The Bertz CT molecular complexity index is 1110. The Morgan fingerprint density at radius 1 is 1.19 bits per heavy atom. The highest BCUT2D eigenvalue weighted by atomic mass is 16.5. The van der Waals surface area contributed by atoms with Crippen molar-refractivity contribution in [2.45, 2.75) is 31.5 Å². The summed E-state index contributed by atoms with van der Waals surface area (Å²) < 4.78 is 7.85. The molecule has 0 N–H and O–H groups in total. The van der Waals surface area contributed by atoms with Crippen LogP contribution in [-0.2, 0) is 22.5 Å². The number of hydrogen-bond donors (Lipinski definition) is 0. The third-order valence-electron chi connectivity index (χ3n) is 6.25. The zero-order valence-electron chi connectivity index (χ0n) is 17.5. The van der Waals surface area contributed by atoms with E-state index in [1.807, 2.05) is 22.8 Å². The van der Waals surface area contributed by atoms with E-state index in [0.29, 0.717) is 37.2 Å². The third-order valence-corrected chi connectivity index (χ3v) is 6.25. The van der Waals surface area contributed by atoms with Crippen molar-refractivity contribution >= 4 is 23.0 Å². The summed E-state index contributed by atoms with van der Waals surface area (Å²) in [5.74, 6) is -0.0447. The maximum atomic E-state index is 13.1. The number of aryl methyl sites for hydroxylation is 2. The van der Waals surface area contributed by atoms with Gasteiger partial charge in [-0.1, -0.05) is 30.3 Å². The lowest BCUT2D eigenvalue weighted by atomic mass is 10.1. The van der Waals surface area contributed by atoms with Gasteiger partial charge >= 0.3 is 0 Å². The molecule has 0 spiro atoms. The summed E-state index contributed by atoms with van der Waals surface area (Å²) in [5, 5.41) is 0. The number of benzene rings is 1. The number of amides is 2. The minimum absolute atomic E-state index is 0.0610. The molecule has 5 rings (SSSR count). The highest BCUT2D eigenvalue weighted by molar-refractivity contribution is 5.96. The molecule has 2 aliphatic heterocycles. The minimum atomic E-state index is -0.144. The molecule has 0 bridgehead atoms. The molecule has 2 atom stereocenters. The maximum absolute atomic E-state index is 13.1. The van der Waals surface area contributed by atoms with Crippen LogP contribution in [-0.4, -0.2) is 75.0 Å². The van der Waals surface area contributed by atoms with Crippen LogP contribution >= 0.6 is 0 Å². The van der Waals surface area contributed by atoms with E-state index in [1.54, 1.807) is 35.4 Å². The second-order valence-electron chi connectivity index (χ2n) is 8.18. The molecule has 8 nitrogen and oxygen atoms in total. The lowest BCUT2D eigenvalue weighted by molar-refractivity contribution is -0.131. The quantitative estimate of drug-likeness (QED) is 0.644. The summed E-state index contributed by atoms with van der Waals surface area (Å²) in [6, 6.07) is 12.0. The monoisotopic (exact) mass is 419 g/mol. The molecule has 2 fully saturated rings. The molecule has 3 aromatic rings. The SMILES string of the molecule is CN1C(=O)CCO[C@H]2CN(C(=O)c3cnc4c(c3)ncn4CCc3ccccc3)C[C@@H]21. The van der Waals surface area contributed by atoms with E-state index in [4.69, 9.17) is 4.74 Å². The molecule has 31 heavy (non-hydrogen) atoms. The van der Waals surface area contributed by atoms with Gasteiger partial charge in [0.25, 0.3) is 5.91 Å². The second-order valence-corrected chi connectivity index (χ2v) is 8.18. The number of nitrogens with zero attached hydrogens (tertiary/aromatic N) is 5. The molecule has 1 aromatic carbocycles. The Balaban J connectivity index is 1.30. The normalized spacial score (nSPS) is 21.4. The van der Waals surface area contributed by atoms with Gasteiger partial charge in [0.2, 0.25) is 5.91 Å². The number of carbonyl (C=O) groups is 2. The Labute approximate surface area is 180 Å². The Hall–Kier alpha value is -3.26. The number of imidazole rings is 1. The highest BCUT2D eigenvalue weighted by Gasteiger charge is 2.41. The molecule has 0 aliphatic carbocycles. The van der Waals surface area contributed by atoms with Crippen molar-refractivity contribution in [3.05, 3.63) is 60.0 Å². The van der Waals surface area contributed by atoms with Crippen LogP contribution in [0, 0.1) is 0 Å². The topological polar surface area (TPSA) is 80.6 Å². The van der Waals surface area contributed by atoms with Crippen molar-refractivity contribution in [1.29, 1.82) is 0 Å². The first kappa shape index (κ1) is 19.7. The van der Waals surface area contributed by atoms with Gasteiger partial charge in [-0.3, -0.25) is 9.59 Å². The van der Waals surface area contributed by atoms with E-state index in [-0.39, 0.29) is 24.0 Å². The Morgan fingerprint density at radius 3 is 2.87 bits per heavy atom. The molecule has 2 amide bonds. The fourth-order valence-electron chi connectivity index (χ4n) is 4.42. The van der Waals surface area contributed by atoms with Crippen LogP contribution < -0.4 is 0 Å². The summed E-state index contributed by atoms with van der Waals surface area (Å²) in [6.45, 7) is 2.12. The highest BCUT2D eigenvalue weighted by Crippen LogP contribution is 2.24. The summed E-state index contributed by atoms with van der Waals surface area (Å²) in [6.07, 6.45) is 4.53. The van der Waals surface area contributed by atoms with Gasteiger partial charge in [-0.05, 0) is 18.1 Å². The van der Waals surface area contributed by atoms with E-state index < -0.39 is 0 Å². The van der Waals surface area contributed by atoms with Crippen LogP contribution in [0.3, 0.4) is 0 Å². The van der Waals surface area contributed by atoms with E-state index in [2.05, 4.69) is 22.1 Å². The summed E-state index contributed by atoms with van der Waals surface area (Å²) in [5.41, 5.74) is 3.24. The predicted molar refractivity (Wildman–Crippen MR) is 114 cm³/mol. The van der Waals surface area contributed by atoms with E-state index in [1.165, 1.54) is 5.56 Å². The van der Waals surface area contributed by atoms with E-state index >= 15 is 0 Å². The van der Waals surface area contributed by atoms with Gasteiger partial charge in [0.15, 0.2) is 5.65 Å². The molecule has 4 heterocycles. The fraction of sp³-hybridized carbons (Fsp3) is 0.391. The molecule has 2 saturated heterocycles. The molecule has 2 aromatic heterocycles. The van der Waals surface area contributed by atoms with Crippen molar-refractivity contribution in [3.63, 3.8) is 0 Å². The number of pyridine rings is 1. The van der Waals surface area contributed by atoms with Crippen LogP contribution in [0.15, 0.2) is 48.9 Å². The van der Waals surface area contributed by atoms with Crippen molar-refractivity contribution < 1.29 is 14.3 Å². The number of rotatable bonds is 4. The smallest absolute Gasteiger partial charge is 0.255 e. The molecule has 0 saturated carbocycles. The zero-order chi connectivity index (χ0) is 21.4. The largest absolute Gasteiger partial charge is 0.374 e. The van der Waals surface area contributed by atoms with Crippen LogP contribution in [0.4, 0.5) is 0 Å². The van der Waals surface area contributed by atoms with E-state index in [9.17, 15) is 9.59 Å². The number of likely N-dealkylation sites (tertiary alicyclic amines) is 1. The van der Waals surface area contributed by atoms with Gasteiger partial charge in [0.05, 0.1) is 37.1 Å². The van der Waals surface area contributed by atoms with Crippen LogP contribution in [0.2, 0.25) is 0 Å². The standard InChI is InChI=1S/C23H25N5O3/c1-26-19-13-28(14-20(19)31-10-8-21(26)29)23(30)17-11-18-22(24-12-17)27(15-25-18)9-7-16-5-3-2-4-6-16/h2-6,11-12,15,19-20H,7-10,13-14H2,1H3/t19-,20-/m0/s1. The molecule has 0 radical (unpaired) electrons. The number of ether oxygens (including phenoxy) is 1. The number of fused-ring (bicyclic) bond motifs is 2. The van der Waals surface area contributed by atoms with Crippen molar-refractivity contribution in [2.75, 3.05) is 26.7 Å². The molecule has 0 unspecified atom stereocenters. The average molecular weight is 419 g/mol. The summed E-state index contributed by atoms with van der Waals surface area (Å²) in [7, 11) is 1.79. The van der Waals surface area contributed by atoms with Gasteiger partial charge < -0.3 is 19.1 Å². The molecule has 8 heteroatoms. The van der Waals surface area contributed by atoms with Crippen molar-refractivity contribution in [3.8, 4) is 0 Å². The molecular formula is C23H25N5O3. The Morgan fingerprint density at radius 2 is 2.03 bits per heavy atom. The van der Waals surface area contributed by atoms with Crippen molar-refractivity contribution in [1.82, 2.24) is 24.3 Å². The van der Waals surface area contributed by atoms with Crippen LogP contribution in [0.25, 0.3) is 11.2 Å². The van der Waals surface area contributed by atoms with Gasteiger partial charge in [-0.15, -0.1) is 0 Å². The fourth-order valence-corrected chi connectivity index (χ4v) is 4.42. The predicted octanol–water partition coefficient (Wildman–Crippen LogP) is 1.75. The van der Waals surface area contributed by atoms with Gasteiger partial charge in [0, 0.05) is 32.9 Å². The first-order valence-corrected chi connectivity index (χ1v) is 10.6. The maximum Gasteiger partial charge on any atom is 0.255 e. The van der Waals surface area contributed by atoms with Gasteiger partial charge in [-0.2, -0.15) is 0 Å². The number of hydrogen-bond acceptors (Lipinski definition) is 5. The van der Waals surface area contributed by atoms with E-state index in [0.717, 1.165) is 18.6 Å². The lowest BCUT2D eigenvalue weighted by Crippen LogP contribution is -2.43. The zero-order valence-corrected chi connectivity index (χ0v) is 17.5. The average Bonchev–Trinajstić information content (AvgIpc) is 3.38. The van der Waals surface area contributed by atoms with Crippen molar-refractivity contribution in [2.24, 2.45) is 0 Å². The van der Waals surface area contributed by atoms with Crippen LogP contribution in [0.1, 0.15) is 22.3 Å². The van der Waals surface area contributed by atoms with Gasteiger partial charge in [0.1, 0.15) is 5.52 Å². The molecular weight excluding hydrogens is 394 g/mol. The molecule has 160 valence electrons. The number of likely N-dealkylation sites (N-methyl/N-ethyl adjacent to an activating group) is 1. The van der Waals surface area contributed by atoms with Crippen LogP contribution in [0.5, 0.6) is 0 Å². The summed E-state index contributed by atoms with van der Waals surface area (Å²) >= 11 is 0. The second kappa shape index (κ2) is 8.11. The number of carbonyl (C=O) groups excluding carboxylic acids is 2. The lowest BCUT2D eigenvalue weighted by Gasteiger charge is -2.25. The summed E-state index contributed by atoms with van der Waals surface area (Å²) in [4.78, 5) is 37.7. The third kappa shape index (κ3) is 3.79. The molecule has 2 aliphatic rings.